The maximum atomic E-state index is 12.2. The van der Waals surface area contributed by atoms with Gasteiger partial charge in [-0.1, -0.05) is 24.3 Å². The molecule has 0 aliphatic heterocycles. The van der Waals surface area contributed by atoms with Crippen molar-refractivity contribution < 1.29 is 14.7 Å². The standard InChI is InChI=1S/C17H16BrNO3/c18-15-6-2-1-5-14(15)17(22)19-13-10-8-12(9-11-13)4-3-7-16(20)21/h1-2,5-6,8-11H,3-4,7H2,(H,19,22)(H,20,21). The second-order valence-electron chi connectivity index (χ2n) is 4.88. The summed E-state index contributed by atoms with van der Waals surface area (Å²) in [4.78, 5) is 22.6. The number of carboxylic acid groups (broad SMARTS) is 1. The molecular formula is C17H16BrNO3. The average Bonchev–Trinajstić information content (AvgIpc) is 2.49. The van der Waals surface area contributed by atoms with Crippen molar-refractivity contribution in [1.82, 2.24) is 0 Å². The van der Waals surface area contributed by atoms with E-state index in [1.54, 1.807) is 6.07 Å². The summed E-state index contributed by atoms with van der Waals surface area (Å²) in [5.41, 5.74) is 2.34. The second kappa shape index (κ2) is 7.75. The van der Waals surface area contributed by atoms with Crippen LogP contribution in [0.5, 0.6) is 0 Å². The van der Waals surface area contributed by atoms with Crippen molar-refractivity contribution >= 4 is 33.5 Å². The molecule has 2 aromatic rings. The van der Waals surface area contributed by atoms with Crippen LogP contribution in [-0.4, -0.2) is 17.0 Å². The smallest absolute Gasteiger partial charge is 0.303 e. The SMILES string of the molecule is O=C(O)CCCc1ccc(NC(=O)c2ccccc2Br)cc1. The van der Waals surface area contributed by atoms with E-state index in [2.05, 4.69) is 21.2 Å². The Hall–Kier alpha value is -2.14. The first-order valence-electron chi connectivity index (χ1n) is 6.93. The van der Waals surface area contributed by atoms with E-state index >= 15 is 0 Å². The number of rotatable bonds is 6. The highest BCUT2D eigenvalue weighted by Crippen LogP contribution is 2.18. The zero-order valence-electron chi connectivity index (χ0n) is 11.9. The van der Waals surface area contributed by atoms with Gasteiger partial charge in [0.25, 0.3) is 5.91 Å². The van der Waals surface area contributed by atoms with Crippen LogP contribution in [0.25, 0.3) is 0 Å². The van der Waals surface area contributed by atoms with E-state index in [0.29, 0.717) is 24.1 Å². The Bertz CT molecular complexity index is 668. The molecule has 0 bridgehead atoms. The number of carboxylic acids is 1. The van der Waals surface area contributed by atoms with Gasteiger partial charge >= 0.3 is 5.97 Å². The monoisotopic (exact) mass is 361 g/mol. The third-order valence-corrected chi connectivity index (χ3v) is 3.88. The highest BCUT2D eigenvalue weighted by molar-refractivity contribution is 9.10. The number of nitrogens with one attached hydrogen (secondary N) is 1. The molecule has 2 rings (SSSR count). The lowest BCUT2D eigenvalue weighted by molar-refractivity contribution is -0.137. The van der Waals surface area contributed by atoms with Crippen LogP contribution in [0.3, 0.4) is 0 Å². The lowest BCUT2D eigenvalue weighted by Gasteiger charge is -2.08. The number of hydrogen-bond donors (Lipinski definition) is 2. The van der Waals surface area contributed by atoms with E-state index < -0.39 is 5.97 Å². The minimum absolute atomic E-state index is 0.167. The summed E-state index contributed by atoms with van der Waals surface area (Å²) in [7, 11) is 0. The van der Waals surface area contributed by atoms with E-state index in [1.165, 1.54) is 0 Å². The molecule has 114 valence electrons. The zero-order chi connectivity index (χ0) is 15.9. The molecule has 0 saturated heterocycles. The minimum atomic E-state index is -0.780. The molecule has 0 fully saturated rings. The van der Waals surface area contributed by atoms with Crippen LogP contribution in [0.4, 0.5) is 5.69 Å². The van der Waals surface area contributed by atoms with Gasteiger partial charge in [0.15, 0.2) is 0 Å². The van der Waals surface area contributed by atoms with Gasteiger partial charge in [-0.15, -0.1) is 0 Å². The van der Waals surface area contributed by atoms with Gasteiger partial charge in [0, 0.05) is 16.6 Å². The number of carbonyl (C=O) groups is 2. The van der Waals surface area contributed by atoms with Crippen molar-refractivity contribution in [2.45, 2.75) is 19.3 Å². The second-order valence-corrected chi connectivity index (χ2v) is 5.73. The number of halogens is 1. The van der Waals surface area contributed by atoms with Gasteiger partial charge in [-0.25, -0.2) is 0 Å². The summed E-state index contributed by atoms with van der Waals surface area (Å²) in [6.07, 6.45) is 1.49. The van der Waals surface area contributed by atoms with Crippen molar-refractivity contribution in [2.75, 3.05) is 5.32 Å². The number of aryl methyl sites for hydroxylation is 1. The molecule has 0 radical (unpaired) electrons. The van der Waals surface area contributed by atoms with Crippen LogP contribution in [0, 0.1) is 0 Å². The van der Waals surface area contributed by atoms with Crippen LogP contribution in [0.2, 0.25) is 0 Å². The number of carbonyl (C=O) groups excluding carboxylic acids is 1. The molecule has 1 amide bonds. The van der Waals surface area contributed by atoms with Crippen LogP contribution in [0.1, 0.15) is 28.8 Å². The Morgan fingerprint density at radius 1 is 1.05 bits per heavy atom. The molecule has 5 heteroatoms. The fourth-order valence-electron chi connectivity index (χ4n) is 2.04. The number of aliphatic carboxylic acids is 1. The summed E-state index contributed by atoms with van der Waals surface area (Å²) in [5.74, 6) is -0.955. The van der Waals surface area contributed by atoms with Crippen molar-refractivity contribution in [3.05, 3.63) is 64.1 Å². The fourth-order valence-corrected chi connectivity index (χ4v) is 2.51. The van der Waals surface area contributed by atoms with Gasteiger partial charge in [0.05, 0.1) is 5.56 Å². The minimum Gasteiger partial charge on any atom is -0.481 e. The predicted octanol–water partition coefficient (Wildman–Crippen LogP) is 4.11. The van der Waals surface area contributed by atoms with Gasteiger partial charge in [-0.2, -0.15) is 0 Å². The van der Waals surface area contributed by atoms with Gasteiger partial charge in [0.2, 0.25) is 0 Å². The van der Waals surface area contributed by atoms with Crippen molar-refractivity contribution in [1.29, 1.82) is 0 Å². The molecule has 22 heavy (non-hydrogen) atoms. The third kappa shape index (κ3) is 4.70. The Morgan fingerprint density at radius 2 is 1.73 bits per heavy atom. The molecule has 2 N–H and O–H groups in total. The first kappa shape index (κ1) is 16.2. The molecule has 0 spiro atoms. The first-order chi connectivity index (χ1) is 10.6. The highest BCUT2D eigenvalue weighted by atomic mass is 79.9. The summed E-state index contributed by atoms with van der Waals surface area (Å²) in [5, 5.41) is 11.5. The topological polar surface area (TPSA) is 66.4 Å². The van der Waals surface area contributed by atoms with Gasteiger partial charge in [-0.3, -0.25) is 9.59 Å². The van der Waals surface area contributed by atoms with Gasteiger partial charge in [0.1, 0.15) is 0 Å². The maximum absolute atomic E-state index is 12.2. The summed E-state index contributed by atoms with van der Waals surface area (Å²) < 4.78 is 0.748. The number of hydrogen-bond acceptors (Lipinski definition) is 2. The van der Waals surface area contributed by atoms with E-state index in [0.717, 1.165) is 10.0 Å². The van der Waals surface area contributed by atoms with Crippen molar-refractivity contribution in [2.24, 2.45) is 0 Å². The largest absolute Gasteiger partial charge is 0.481 e. The Kier molecular flexibility index (Phi) is 5.72. The third-order valence-electron chi connectivity index (χ3n) is 3.19. The first-order valence-corrected chi connectivity index (χ1v) is 7.72. The Labute approximate surface area is 137 Å². The number of amides is 1. The Morgan fingerprint density at radius 3 is 2.36 bits per heavy atom. The summed E-state index contributed by atoms with van der Waals surface area (Å²) >= 11 is 3.35. The van der Waals surface area contributed by atoms with Crippen LogP contribution in [-0.2, 0) is 11.2 Å². The summed E-state index contributed by atoms with van der Waals surface area (Å²) in [6, 6.07) is 14.7. The molecule has 2 aromatic carbocycles. The highest BCUT2D eigenvalue weighted by Gasteiger charge is 2.09. The van der Waals surface area contributed by atoms with Gasteiger partial charge < -0.3 is 10.4 Å². The molecule has 0 atom stereocenters. The van der Waals surface area contributed by atoms with Gasteiger partial charge in [-0.05, 0) is 58.6 Å². The number of benzene rings is 2. The van der Waals surface area contributed by atoms with Crippen LogP contribution < -0.4 is 5.32 Å². The number of anilines is 1. The molecule has 0 unspecified atom stereocenters. The van der Waals surface area contributed by atoms with E-state index in [-0.39, 0.29) is 12.3 Å². The van der Waals surface area contributed by atoms with E-state index in [4.69, 9.17) is 5.11 Å². The molecule has 4 nitrogen and oxygen atoms in total. The molecule has 0 aliphatic carbocycles. The lowest BCUT2D eigenvalue weighted by atomic mass is 10.1. The normalized spacial score (nSPS) is 10.2. The Balaban J connectivity index is 1.95. The molecule has 0 aromatic heterocycles. The molecule has 0 heterocycles. The van der Waals surface area contributed by atoms with E-state index in [9.17, 15) is 9.59 Å². The predicted molar refractivity (Wildman–Crippen MR) is 89.1 cm³/mol. The van der Waals surface area contributed by atoms with Crippen molar-refractivity contribution in [3.63, 3.8) is 0 Å². The average molecular weight is 362 g/mol. The molecule has 0 saturated carbocycles. The van der Waals surface area contributed by atoms with Crippen LogP contribution >= 0.6 is 15.9 Å². The fraction of sp³-hybridized carbons (Fsp3) is 0.176. The lowest BCUT2D eigenvalue weighted by Crippen LogP contribution is -2.12. The molecular weight excluding hydrogens is 346 g/mol. The van der Waals surface area contributed by atoms with Crippen molar-refractivity contribution in [3.8, 4) is 0 Å². The van der Waals surface area contributed by atoms with E-state index in [1.807, 2.05) is 42.5 Å². The maximum Gasteiger partial charge on any atom is 0.303 e. The molecule has 0 aliphatic rings. The zero-order valence-corrected chi connectivity index (χ0v) is 13.5. The quantitative estimate of drug-likeness (QED) is 0.813. The van der Waals surface area contributed by atoms with Crippen LogP contribution in [0.15, 0.2) is 53.0 Å². The summed E-state index contributed by atoms with van der Waals surface area (Å²) in [6.45, 7) is 0.